The summed E-state index contributed by atoms with van der Waals surface area (Å²) < 4.78 is 5.45. The van der Waals surface area contributed by atoms with Crippen molar-refractivity contribution in [3.8, 4) is 0 Å². The number of anilines is 1. The molecule has 1 heterocycles. The molecule has 0 aromatic heterocycles. The summed E-state index contributed by atoms with van der Waals surface area (Å²) >= 11 is 5.41. The van der Waals surface area contributed by atoms with E-state index in [2.05, 4.69) is 22.9 Å². The predicted molar refractivity (Wildman–Crippen MR) is 119 cm³/mol. The van der Waals surface area contributed by atoms with Crippen molar-refractivity contribution in [3.05, 3.63) is 41.1 Å². The molecule has 29 heavy (non-hydrogen) atoms. The fourth-order valence-corrected chi connectivity index (χ4v) is 3.20. The Hall–Kier alpha value is -2.61. The van der Waals surface area contributed by atoms with Crippen molar-refractivity contribution in [1.82, 2.24) is 15.5 Å². The van der Waals surface area contributed by atoms with Gasteiger partial charge in [0.25, 0.3) is 0 Å². The van der Waals surface area contributed by atoms with Gasteiger partial charge in [0.2, 0.25) is 0 Å². The minimum atomic E-state index is -0.419. The molecule has 3 N–H and O–H groups in total. The largest absolute Gasteiger partial charge is 0.459 e. The van der Waals surface area contributed by atoms with Crippen LogP contribution in [-0.4, -0.2) is 41.7 Å². The van der Waals surface area contributed by atoms with Crippen molar-refractivity contribution in [3.63, 3.8) is 0 Å². The summed E-state index contributed by atoms with van der Waals surface area (Å²) in [5.41, 5.74) is 2.80. The Balaban J connectivity index is 2.21. The summed E-state index contributed by atoms with van der Waals surface area (Å²) in [6.45, 7) is 8.21. The third kappa shape index (κ3) is 5.93. The number of nitrogens with zero attached hydrogens (tertiary/aromatic N) is 1. The fourth-order valence-electron chi connectivity index (χ4n) is 2.94. The topological polar surface area (TPSA) is 82.7 Å². The van der Waals surface area contributed by atoms with Gasteiger partial charge < -0.3 is 25.6 Å². The van der Waals surface area contributed by atoms with Crippen LogP contribution >= 0.6 is 12.2 Å². The van der Waals surface area contributed by atoms with Gasteiger partial charge in [-0.25, -0.2) is 9.59 Å². The van der Waals surface area contributed by atoms with Gasteiger partial charge in [0.1, 0.15) is 0 Å². The number of thiocarbonyl (C=S) groups is 1. The summed E-state index contributed by atoms with van der Waals surface area (Å²) in [7, 11) is 1.81. The molecule has 0 radical (unpaired) electrons. The lowest BCUT2D eigenvalue weighted by Crippen LogP contribution is -2.46. The molecule has 0 unspecified atom stereocenters. The van der Waals surface area contributed by atoms with Crippen LogP contribution in [0.2, 0.25) is 0 Å². The highest BCUT2D eigenvalue weighted by Gasteiger charge is 2.33. The smallest absolute Gasteiger partial charge is 0.338 e. The first-order valence-corrected chi connectivity index (χ1v) is 10.3. The third-order valence-corrected chi connectivity index (χ3v) is 5.03. The molecule has 0 aliphatic carbocycles. The lowest BCUT2D eigenvalue weighted by molar-refractivity contribution is -0.143. The van der Waals surface area contributed by atoms with Gasteiger partial charge >= 0.3 is 12.0 Å². The SMILES string of the molecule is CCCCNC(=O)Nc1ccc([C@H]2NC(=S)N(C)C(C)=C2C(=O)OC(C)C)cc1. The van der Waals surface area contributed by atoms with Crippen molar-refractivity contribution in [1.29, 1.82) is 0 Å². The van der Waals surface area contributed by atoms with Gasteiger partial charge in [0, 0.05) is 25.0 Å². The van der Waals surface area contributed by atoms with Gasteiger partial charge in [-0.05, 0) is 57.1 Å². The number of esters is 1. The van der Waals surface area contributed by atoms with E-state index in [0.717, 1.165) is 24.1 Å². The Bertz CT molecular complexity index is 790. The van der Waals surface area contributed by atoms with Gasteiger partial charge in [0.05, 0.1) is 17.7 Å². The van der Waals surface area contributed by atoms with E-state index in [4.69, 9.17) is 17.0 Å². The van der Waals surface area contributed by atoms with Gasteiger partial charge in [-0.3, -0.25) is 0 Å². The Morgan fingerprint density at radius 1 is 1.28 bits per heavy atom. The second-order valence-electron chi connectivity index (χ2n) is 7.25. The zero-order valence-electron chi connectivity index (χ0n) is 17.7. The molecular formula is C21H30N4O3S. The fraction of sp³-hybridized carbons (Fsp3) is 0.476. The van der Waals surface area contributed by atoms with Crippen LogP contribution in [-0.2, 0) is 9.53 Å². The molecule has 2 amide bonds. The number of ether oxygens (including phenoxy) is 1. The molecular weight excluding hydrogens is 388 g/mol. The molecule has 0 saturated carbocycles. The molecule has 158 valence electrons. The molecule has 1 aliphatic rings. The minimum Gasteiger partial charge on any atom is -0.459 e. The van der Waals surface area contributed by atoms with Gasteiger partial charge in [-0.2, -0.15) is 0 Å². The average molecular weight is 419 g/mol. The van der Waals surface area contributed by atoms with Crippen LogP contribution in [0.3, 0.4) is 0 Å². The maximum absolute atomic E-state index is 12.7. The monoisotopic (exact) mass is 418 g/mol. The minimum absolute atomic E-state index is 0.222. The molecule has 0 spiro atoms. The van der Waals surface area contributed by atoms with Crippen LogP contribution in [0, 0.1) is 0 Å². The zero-order valence-corrected chi connectivity index (χ0v) is 18.5. The third-order valence-electron chi connectivity index (χ3n) is 4.63. The number of hydrogen-bond donors (Lipinski definition) is 3. The standard InChI is InChI=1S/C21H30N4O3S/c1-6-7-12-22-20(27)23-16-10-8-15(9-11-16)18-17(19(26)28-13(2)3)14(4)25(5)21(29)24-18/h8-11,13,18H,6-7,12H2,1-5H3,(H,24,29)(H2,22,23,27)/t18-/m1/s1. The number of rotatable bonds is 7. The quantitative estimate of drug-likeness (QED) is 0.356. The maximum Gasteiger partial charge on any atom is 0.338 e. The first kappa shape index (κ1) is 22.7. The van der Waals surface area contributed by atoms with Crippen molar-refractivity contribution in [2.75, 3.05) is 18.9 Å². The molecule has 0 fully saturated rings. The van der Waals surface area contributed by atoms with Crippen LogP contribution in [0.1, 0.15) is 52.1 Å². The summed E-state index contributed by atoms with van der Waals surface area (Å²) in [5.74, 6) is -0.373. The highest BCUT2D eigenvalue weighted by Crippen LogP contribution is 2.31. The van der Waals surface area contributed by atoms with Crippen molar-refractivity contribution >= 4 is 35.0 Å². The molecule has 7 nitrogen and oxygen atoms in total. The van der Waals surface area contributed by atoms with Crippen molar-refractivity contribution in [2.45, 2.75) is 52.7 Å². The van der Waals surface area contributed by atoms with E-state index in [1.54, 1.807) is 17.0 Å². The number of urea groups is 1. The first-order chi connectivity index (χ1) is 13.7. The van der Waals surface area contributed by atoms with E-state index in [9.17, 15) is 9.59 Å². The molecule has 1 aromatic rings. The predicted octanol–water partition coefficient (Wildman–Crippen LogP) is 3.69. The Labute approximate surface area is 177 Å². The molecule has 1 aliphatic heterocycles. The molecule has 2 rings (SSSR count). The number of benzene rings is 1. The van der Waals surface area contributed by atoms with E-state index < -0.39 is 6.04 Å². The van der Waals surface area contributed by atoms with E-state index in [1.807, 2.05) is 40.0 Å². The van der Waals surface area contributed by atoms with Gasteiger partial charge in [-0.15, -0.1) is 0 Å². The van der Waals surface area contributed by atoms with Crippen molar-refractivity contribution in [2.24, 2.45) is 0 Å². The number of nitrogens with one attached hydrogen (secondary N) is 3. The van der Waals surface area contributed by atoms with Crippen LogP contribution in [0.4, 0.5) is 10.5 Å². The lowest BCUT2D eigenvalue weighted by atomic mass is 9.95. The number of amides is 2. The van der Waals surface area contributed by atoms with Gasteiger partial charge in [0.15, 0.2) is 5.11 Å². The summed E-state index contributed by atoms with van der Waals surface area (Å²) in [5, 5.41) is 9.36. The Morgan fingerprint density at radius 2 is 1.93 bits per heavy atom. The maximum atomic E-state index is 12.7. The van der Waals surface area contributed by atoms with Gasteiger partial charge in [-0.1, -0.05) is 25.5 Å². The van der Waals surface area contributed by atoms with Crippen molar-refractivity contribution < 1.29 is 14.3 Å². The Morgan fingerprint density at radius 3 is 2.52 bits per heavy atom. The molecule has 0 bridgehead atoms. The first-order valence-electron chi connectivity index (χ1n) is 9.85. The van der Waals surface area contributed by atoms with Crippen LogP contribution in [0.5, 0.6) is 0 Å². The highest BCUT2D eigenvalue weighted by molar-refractivity contribution is 7.80. The molecule has 1 atom stereocenters. The molecule has 1 aromatic carbocycles. The van der Waals surface area contributed by atoms with E-state index in [1.165, 1.54) is 0 Å². The second-order valence-corrected chi connectivity index (χ2v) is 7.64. The number of unbranched alkanes of at least 4 members (excludes halogenated alkanes) is 1. The molecule has 8 heteroatoms. The summed E-state index contributed by atoms with van der Waals surface area (Å²) in [4.78, 5) is 26.4. The average Bonchev–Trinajstić information content (AvgIpc) is 2.66. The lowest BCUT2D eigenvalue weighted by Gasteiger charge is -2.35. The second kappa shape index (κ2) is 10.2. The molecule has 0 saturated heterocycles. The summed E-state index contributed by atoms with van der Waals surface area (Å²) in [6.07, 6.45) is 1.74. The number of carbonyl (C=O) groups is 2. The van der Waals surface area contributed by atoms with E-state index in [-0.39, 0.29) is 18.1 Å². The summed E-state index contributed by atoms with van der Waals surface area (Å²) in [6, 6.07) is 6.68. The van der Waals surface area contributed by atoms with E-state index >= 15 is 0 Å². The number of allylic oxidation sites excluding steroid dienone is 1. The van der Waals surface area contributed by atoms with E-state index in [0.29, 0.717) is 22.9 Å². The van der Waals surface area contributed by atoms with Crippen LogP contribution in [0.15, 0.2) is 35.5 Å². The van der Waals surface area contributed by atoms with Crippen LogP contribution < -0.4 is 16.0 Å². The normalized spacial score (nSPS) is 16.6. The Kier molecular flexibility index (Phi) is 8.01. The van der Waals surface area contributed by atoms with Crippen LogP contribution in [0.25, 0.3) is 0 Å². The number of carbonyl (C=O) groups excluding carboxylic acids is 2. The zero-order chi connectivity index (χ0) is 21.6. The highest BCUT2D eigenvalue weighted by atomic mass is 32.1. The number of hydrogen-bond acceptors (Lipinski definition) is 4.